The second-order valence-electron chi connectivity index (χ2n) is 4.62. The Labute approximate surface area is 125 Å². The zero-order chi connectivity index (χ0) is 15.5. The molecule has 0 aliphatic heterocycles. The van der Waals surface area contributed by atoms with Gasteiger partial charge in [0.15, 0.2) is 0 Å². The van der Waals surface area contributed by atoms with Crippen LogP contribution in [0.25, 0.3) is 0 Å². The van der Waals surface area contributed by atoms with Crippen molar-refractivity contribution in [2.24, 2.45) is 11.8 Å². The summed E-state index contributed by atoms with van der Waals surface area (Å²) < 4.78 is 39.4. The zero-order valence-corrected chi connectivity index (χ0v) is 13.3. The van der Waals surface area contributed by atoms with Crippen LogP contribution in [0.3, 0.4) is 0 Å². The molecule has 1 aromatic carbocycles. The summed E-state index contributed by atoms with van der Waals surface area (Å²) in [5, 5.41) is 9.01. The molecule has 0 fully saturated rings. The van der Waals surface area contributed by atoms with Crippen molar-refractivity contribution in [1.82, 2.24) is 4.72 Å². The van der Waals surface area contributed by atoms with E-state index in [2.05, 4.69) is 20.7 Å². The molecule has 8 heteroatoms. The number of benzene rings is 1. The highest BCUT2D eigenvalue weighted by atomic mass is 79.9. The number of rotatable bonds is 6. The fourth-order valence-corrected chi connectivity index (χ4v) is 3.69. The zero-order valence-electron chi connectivity index (χ0n) is 10.9. The Morgan fingerprint density at radius 2 is 2.05 bits per heavy atom. The molecule has 1 aromatic rings. The molecule has 0 aliphatic carbocycles. The Bertz CT molecular complexity index is 603. The van der Waals surface area contributed by atoms with Crippen LogP contribution in [-0.4, -0.2) is 26.0 Å². The third kappa shape index (κ3) is 4.26. The van der Waals surface area contributed by atoms with Gasteiger partial charge < -0.3 is 5.11 Å². The minimum absolute atomic E-state index is 0.0846. The lowest BCUT2D eigenvalue weighted by atomic mass is 9.97. The largest absolute Gasteiger partial charge is 0.481 e. The van der Waals surface area contributed by atoms with E-state index in [1.807, 2.05) is 0 Å². The molecule has 1 atom stereocenters. The Kier molecular flexibility index (Phi) is 5.67. The maximum absolute atomic E-state index is 12.9. The summed E-state index contributed by atoms with van der Waals surface area (Å²) >= 11 is 2.97. The summed E-state index contributed by atoms with van der Waals surface area (Å²) in [5.74, 6) is -2.68. The normalized spacial score (nSPS) is 13.4. The second kappa shape index (κ2) is 6.64. The van der Waals surface area contributed by atoms with Gasteiger partial charge in [0.05, 0.1) is 10.8 Å². The maximum atomic E-state index is 12.9. The van der Waals surface area contributed by atoms with Crippen LogP contribution in [0.5, 0.6) is 0 Å². The predicted molar refractivity (Wildman–Crippen MR) is 75.3 cm³/mol. The molecule has 0 aromatic heterocycles. The van der Waals surface area contributed by atoms with Crippen molar-refractivity contribution in [1.29, 1.82) is 0 Å². The maximum Gasteiger partial charge on any atom is 0.308 e. The highest BCUT2D eigenvalue weighted by molar-refractivity contribution is 9.10. The number of nitrogens with one attached hydrogen (secondary N) is 1. The number of sulfonamides is 1. The van der Waals surface area contributed by atoms with Gasteiger partial charge in [-0.15, -0.1) is 0 Å². The molecule has 0 saturated carbocycles. The highest BCUT2D eigenvalue weighted by Crippen LogP contribution is 2.23. The number of hydrogen-bond acceptors (Lipinski definition) is 3. The van der Waals surface area contributed by atoms with Gasteiger partial charge in [-0.3, -0.25) is 4.79 Å². The topological polar surface area (TPSA) is 83.5 Å². The predicted octanol–water partition coefficient (Wildman–Crippen LogP) is 2.22. The molecule has 0 aliphatic rings. The second-order valence-corrected chi connectivity index (χ2v) is 7.21. The van der Waals surface area contributed by atoms with Crippen LogP contribution in [-0.2, 0) is 14.8 Å². The summed E-state index contributed by atoms with van der Waals surface area (Å²) in [6.07, 6.45) is 0. The van der Waals surface area contributed by atoms with Gasteiger partial charge in [0.2, 0.25) is 10.0 Å². The van der Waals surface area contributed by atoms with E-state index < -0.39 is 27.7 Å². The lowest BCUT2D eigenvalue weighted by molar-refractivity contribution is -0.142. The molecule has 0 bridgehead atoms. The SMILES string of the molecule is CC(C)C(CNS(=O)(=O)c1ccc(F)cc1Br)C(=O)O. The Balaban J connectivity index is 2.93. The van der Waals surface area contributed by atoms with Gasteiger partial charge in [0, 0.05) is 11.0 Å². The van der Waals surface area contributed by atoms with E-state index in [9.17, 15) is 17.6 Å². The van der Waals surface area contributed by atoms with E-state index >= 15 is 0 Å². The van der Waals surface area contributed by atoms with Gasteiger partial charge >= 0.3 is 5.97 Å². The van der Waals surface area contributed by atoms with Crippen LogP contribution in [0.15, 0.2) is 27.6 Å². The third-order valence-electron chi connectivity index (χ3n) is 2.80. The van der Waals surface area contributed by atoms with E-state index in [-0.39, 0.29) is 21.8 Å². The number of carboxylic acids is 1. The van der Waals surface area contributed by atoms with E-state index in [4.69, 9.17) is 5.11 Å². The smallest absolute Gasteiger partial charge is 0.308 e. The number of hydrogen-bond donors (Lipinski definition) is 2. The molecule has 0 saturated heterocycles. The summed E-state index contributed by atoms with van der Waals surface area (Å²) in [6, 6.07) is 3.18. The number of carbonyl (C=O) groups is 1. The molecular weight excluding hydrogens is 353 g/mol. The monoisotopic (exact) mass is 367 g/mol. The Morgan fingerprint density at radius 3 is 2.50 bits per heavy atom. The average Bonchev–Trinajstić information content (AvgIpc) is 2.26. The van der Waals surface area contributed by atoms with Crippen molar-refractivity contribution in [3.05, 3.63) is 28.5 Å². The first kappa shape index (κ1) is 17.1. The molecule has 1 rings (SSSR count). The van der Waals surface area contributed by atoms with E-state index in [1.165, 1.54) is 0 Å². The summed E-state index contributed by atoms with van der Waals surface area (Å²) in [4.78, 5) is 10.9. The van der Waals surface area contributed by atoms with E-state index in [0.29, 0.717) is 0 Å². The first-order chi connectivity index (χ1) is 9.15. The first-order valence-corrected chi connectivity index (χ1v) is 8.10. The van der Waals surface area contributed by atoms with Crippen LogP contribution in [0.2, 0.25) is 0 Å². The number of carboxylic acid groups (broad SMARTS) is 1. The van der Waals surface area contributed by atoms with Gasteiger partial charge in [-0.2, -0.15) is 0 Å². The van der Waals surface area contributed by atoms with E-state index in [1.54, 1.807) is 13.8 Å². The number of aliphatic carboxylic acids is 1. The van der Waals surface area contributed by atoms with Crippen molar-refractivity contribution in [2.75, 3.05) is 6.54 Å². The van der Waals surface area contributed by atoms with Gasteiger partial charge in [-0.25, -0.2) is 17.5 Å². The van der Waals surface area contributed by atoms with Gasteiger partial charge in [-0.1, -0.05) is 13.8 Å². The van der Waals surface area contributed by atoms with Crippen LogP contribution in [0, 0.1) is 17.7 Å². The molecule has 20 heavy (non-hydrogen) atoms. The van der Waals surface area contributed by atoms with Crippen LogP contribution in [0.4, 0.5) is 4.39 Å². The Hall–Kier alpha value is -0.990. The molecule has 0 amide bonds. The fourth-order valence-electron chi connectivity index (χ4n) is 1.58. The summed E-state index contributed by atoms with van der Waals surface area (Å²) in [7, 11) is -3.90. The molecular formula is C12H15BrFNO4S. The quantitative estimate of drug-likeness (QED) is 0.807. The molecule has 0 radical (unpaired) electrons. The minimum atomic E-state index is -3.90. The van der Waals surface area contributed by atoms with Crippen molar-refractivity contribution in [2.45, 2.75) is 18.7 Å². The molecule has 0 spiro atoms. The van der Waals surface area contributed by atoms with Gasteiger partial charge in [0.25, 0.3) is 0 Å². The van der Waals surface area contributed by atoms with Crippen molar-refractivity contribution >= 4 is 31.9 Å². The minimum Gasteiger partial charge on any atom is -0.481 e. The van der Waals surface area contributed by atoms with Gasteiger partial charge in [0.1, 0.15) is 5.82 Å². The molecule has 1 unspecified atom stereocenters. The lowest BCUT2D eigenvalue weighted by Crippen LogP contribution is -2.35. The molecule has 0 heterocycles. The van der Waals surface area contributed by atoms with Crippen molar-refractivity contribution in [3.8, 4) is 0 Å². The van der Waals surface area contributed by atoms with Crippen molar-refractivity contribution < 1.29 is 22.7 Å². The van der Waals surface area contributed by atoms with Crippen molar-refractivity contribution in [3.63, 3.8) is 0 Å². The summed E-state index contributed by atoms with van der Waals surface area (Å²) in [5.41, 5.74) is 0. The lowest BCUT2D eigenvalue weighted by Gasteiger charge is -2.17. The standard InChI is InChI=1S/C12H15BrFNO4S/c1-7(2)9(12(16)17)6-15-20(18,19)11-4-3-8(14)5-10(11)13/h3-5,7,9,15H,6H2,1-2H3,(H,16,17). The first-order valence-electron chi connectivity index (χ1n) is 5.82. The summed E-state index contributed by atoms with van der Waals surface area (Å²) in [6.45, 7) is 3.17. The third-order valence-corrected chi connectivity index (χ3v) is 5.20. The van der Waals surface area contributed by atoms with Crippen LogP contribution in [0.1, 0.15) is 13.8 Å². The van der Waals surface area contributed by atoms with Gasteiger partial charge in [-0.05, 0) is 40.0 Å². The molecule has 5 nitrogen and oxygen atoms in total. The molecule has 112 valence electrons. The van der Waals surface area contributed by atoms with Crippen LogP contribution >= 0.6 is 15.9 Å². The average molecular weight is 368 g/mol. The molecule has 2 N–H and O–H groups in total. The van der Waals surface area contributed by atoms with E-state index in [0.717, 1.165) is 18.2 Å². The van der Waals surface area contributed by atoms with Crippen LogP contribution < -0.4 is 4.72 Å². The highest BCUT2D eigenvalue weighted by Gasteiger charge is 2.25. The number of halogens is 2. The Morgan fingerprint density at radius 1 is 1.45 bits per heavy atom. The fraction of sp³-hybridized carbons (Fsp3) is 0.417.